The maximum atomic E-state index is 4.39. The van der Waals surface area contributed by atoms with Gasteiger partial charge < -0.3 is 10.3 Å². The zero-order valence-corrected chi connectivity index (χ0v) is 8.93. The molecule has 14 heavy (non-hydrogen) atoms. The minimum Gasteiger partial charge on any atom is -0.365 e. The minimum atomic E-state index is 0.789. The molecule has 2 N–H and O–H groups in total. The van der Waals surface area contributed by atoms with E-state index in [-0.39, 0.29) is 0 Å². The molecular weight excluding hydrogens is 242 g/mol. The van der Waals surface area contributed by atoms with Crippen LogP contribution in [0, 0.1) is 0 Å². The van der Waals surface area contributed by atoms with E-state index in [1.54, 1.807) is 0 Å². The van der Waals surface area contributed by atoms with Crippen molar-refractivity contribution in [1.82, 2.24) is 4.98 Å². The second kappa shape index (κ2) is 2.85. The lowest BCUT2D eigenvalue weighted by atomic mass is 10.2. The summed E-state index contributed by atoms with van der Waals surface area (Å²) < 4.78 is 1.08. The van der Waals surface area contributed by atoms with Gasteiger partial charge in [-0.15, -0.1) is 0 Å². The van der Waals surface area contributed by atoms with Gasteiger partial charge in [0.2, 0.25) is 0 Å². The first-order valence-electron chi connectivity index (χ1n) is 4.43. The number of aliphatic imine (C=N–C) groups is 1. The maximum Gasteiger partial charge on any atom is 0.131 e. The molecule has 4 heteroatoms. The van der Waals surface area contributed by atoms with E-state index in [0.717, 1.165) is 33.4 Å². The van der Waals surface area contributed by atoms with Crippen molar-refractivity contribution in [2.75, 3.05) is 11.9 Å². The van der Waals surface area contributed by atoms with E-state index in [1.807, 2.05) is 18.3 Å². The lowest BCUT2D eigenvalue weighted by molar-refractivity contribution is 1.29. The molecule has 0 amide bonds. The molecule has 2 heterocycles. The third kappa shape index (κ3) is 1.00. The Morgan fingerprint density at radius 1 is 1.36 bits per heavy atom. The van der Waals surface area contributed by atoms with Crippen LogP contribution in [-0.2, 0) is 0 Å². The second-order valence-corrected chi connectivity index (χ2v) is 4.06. The van der Waals surface area contributed by atoms with Crippen LogP contribution < -0.4 is 5.32 Å². The van der Waals surface area contributed by atoms with Crippen molar-refractivity contribution in [2.24, 2.45) is 4.99 Å². The van der Waals surface area contributed by atoms with Gasteiger partial charge in [-0.3, -0.25) is 4.99 Å². The molecule has 0 aliphatic carbocycles. The number of nitrogens with one attached hydrogen (secondary N) is 2. The van der Waals surface area contributed by atoms with Gasteiger partial charge in [0, 0.05) is 16.1 Å². The Balaban J connectivity index is 2.45. The predicted molar refractivity (Wildman–Crippen MR) is 62.6 cm³/mol. The summed E-state index contributed by atoms with van der Waals surface area (Å²) in [5, 5.41) is 4.40. The SMILES string of the molecule is Brc1cccc2[nH]c3c(c12)N=CCN3. The molecule has 0 saturated carbocycles. The van der Waals surface area contributed by atoms with Gasteiger partial charge in [0.05, 0.1) is 12.1 Å². The summed E-state index contributed by atoms with van der Waals surface area (Å²) in [6.07, 6.45) is 1.88. The van der Waals surface area contributed by atoms with Crippen LogP contribution in [0.5, 0.6) is 0 Å². The molecule has 0 unspecified atom stereocenters. The molecule has 2 aromatic rings. The van der Waals surface area contributed by atoms with Gasteiger partial charge in [0.1, 0.15) is 11.5 Å². The van der Waals surface area contributed by atoms with Crippen LogP contribution in [0.1, 0.15) is 0 Å². The highest BCUT2D eigenvalue weighted by Crippen LogP contribution is 2.39. The van der Waals surface area contributed by atoms with Crippen LogP contribution in [0.2, 0.25) is 0 Å². The molecule has 1 aliphatic heterocycles. The highest BCUT2D eigenvalue weighted by Gasteiger charge is 2.14. The van der Waals surface area contributed by atoms with Crippen molar-refractivity contribution in [3.63, 3.8) is 0 Å². The van der Waals surface area contributed by atoms with Gasteiger partial charge in [-0.25, -0.2) is 0 Å². The molecule has 0 atom stereocenters. The first-order chi connectivity index (χ1) is 6.86. The maximum absolute atomic E-state index is 4.39. The van der Waals surface area contributed by atoms with Crippen molar-refractivity contribution in [1.29, 1.82) is 0 Å². The topological polar surface area (TPSA) is 40.2 Å². The molecule has 0 spiro atoms. The highest BCUT2D eigenvalue weighted by atomic mass is 79.9. The van der Waals surface area contributed by atoms with Gasteiger partial charge in [-0.05, 0) is 12.1 Å². The van der Waals surface area contributed by atoms with Gasteiger partial charge in [0.15, 0.2) is 0 Å². The Hall–Kier alpha value is -1.29. The number of aromatic nitrogens is 1. The van der Waals surface area contributed by atoms with E-state index in [0.29, 0.717) is 0 Å². The van der Waals surface area contributed by atoms with Crippen molar-refractivity contribution in [2.45, 2.75) is 0 Å². The number of nitrogens with zero attached hydrogens (tertiary/aromatic N) is 1. The lowest BCUT2D eigenvalue weighted by Crippen LogP contribution is -2.05. The quantitative estimate of drug-likeness (QED) is 0.741. The van der Waals surface area contributed by atoms with E-state index < -0.39 is 0 Å². The first-order valence-corrected chi connectivity index (χ1v) is 5.22. The van der Waals surface area contributed by atoms with Crippen LogP contribution in [0.4, 0.5) is 11.5 Å². The highest BCUT2D eigenvalue weighted by molar-refractivity contribution is 9.10. The van der Waals surface area contributed by atoms with Crippen molar-refractivity contribution in [3.8, 4) is 0 Å². The number of hydrogen-bond acceptors (Lipinski definition) is 2. The fraction of sp³-hybridized carbons (Fsp3) is 0.100. The fourth-order valence-corrected chi connectivity index (χ4v) is 2.28. The van der Waals surface area contributed by atoms with Gasteiger partial charge in [0.25, 0.3) is 0 Å². The lowest BCUT2D eigenvalue weighted by Gasteiger charge is -2.06. The molecule has 1 aromatic carbocycles. The molecule has 0 radical (unpaired) electrons. The van der Waals surface area contributed by atoms with E-state index in [2.05, 4.69) is 37.3 Å². The molecule has 0 bridgehead atoms. The van der Waals surface area contributed by atoms with Crippen LogP contribution in [-0.4, -0.2) is 17.7 Å². The Bertz CT molecular complexity index is 527. The van der Waals surface area contributed by atoms with Crippen LogP contribution in [0.15, 0.2) is 27.7 Å². The molecule has 1 aliphatic rings. The fourth-order valence-electron chi connectivity index (χ4n) is 1.73. The molecule has 3 nitrogen and oxygen atoms in total. The summed E-state index contributed by atoms with van der Waals surface area (Å²) in [5.74, 6) is 1.01. The summed E-state index contributed by atoms with van der Waals surface area (Å²) in [7, 11) is 0. The Kier molecular flexibility index (Phi) is 1.64. The number of H-pyrrole nitrogens is 1. The molecule has 3 rings (SSSR count). The molecule has 1 aromatic heterocycles. The molecule has 0 fully saturated rings. The smallest absolute Gasteiger partial charge is 0.131 e. The summed E-state index contributed by atoms with van der Waals surface area (Å²) in [5.41, 5.74) is 2.11. The number of halogens is 1. The third-order valence-corrected chi connectivity index (χ3v) is 3.00. The van der Waals surface area contributed by atoms with E-state index in [1.165, 1.54) is 0 Å². The number of benzene rings is 1. The predicted octanol–water partition coefficient (Wildman–Crippen LogP) is 3.06. The number of anilines is 1. The number of aromatic amines is 1. The Labute approximate surface area is 89.4 Å². The first kappa shape index (κ1) is 8.05. The average Bonchev–Trinajstić information content (AvgIpc) is 2.57. The molecular formula is C10H8BrN3. The number of fused-ring (bicyclic) bond motifs is 3. The average molecular weight is 250 g/mol. The van der Waals surface area contributed by atoms with Crippen molar-refractivity contribution < 1.29 is 0 Å². The monoisotopic (exact) mass is 249 g/mol. The summed E-state index contributed by atoms with van der Waals surface area (Å²) in [6.45, 7) is 0.789. The van der Waals surface area contributed by atoms with E-state index in [4.69, 9.17) is 0 Å². The number of rotatable bonds is 0. The Morgan fingerprint density at radius 3 is 3.21 bits per heavy atom. The standard InChI is InChI=1S/C10H8BrN3/c11-6-2-1-3-7-8(6)9-10(14-7)13-5-4-12-9/h1-4,13-14H,5H2. The summed E-state index contributed by atoms with van der Waals surface area (Å²) in [6, 6.07) is 6.09. The van der Waals surface area contributed by atoms with Crippen LogP contribution in [0.25, 0.3) is 10.9 Å². The van der Waals surface area contributed by atoms with Crippen LogP contribution >= 0.6 is 15.9 Å². The summed E-state index contributed by atoms with van der Waals surface area (Å²) in [4.78, 5) is 7.70. The summed E-state index contributed by atoms with van der Waals surface area (Å²) >= 11 is 3.53. The molecule has 0 saturated heterocycles. The zero-order chi connectivity index (χ0) is 9.54. The van der Waals surface area contributed by atoms with Crippen molar-refractivity contribution >= 4 is 44.6 Å². The zero-order valence-electron chi connectivity index (χ0n) is 7.34. The van der Waals surface area contributed by atoms with E-state index in [9.17, 15) is 0 Å². The van der Waals surface area contributed by atoms with Gasteiger partial charge in [-0.1, -0.05) is 22.0 Å². The molecule has 70 valence electrons. The van der Waals surface area contributed by atoms with Crippen LogP contribution in [0.3, 0.4) is 0 Å². The van der Waals surface area contributed by atoms with E-state index >= 15 is 0 Å². The number of hydrogen-bond donors (Lipinski definition) is 2. The minimum absolute atomic E-state index is 0.789. The normalized spacial score (nSPS) is 14.1. The second-order valence-electron chi connectivity index (χ2n) is 3.20. The van der Waals surface area contributed by atoms with Gasteiger partial charge in [-0.2, -0.15) is 0 Å². The third-order valence-electron chi connectivity index (χ3n) is 2.34. The van der Waals surface area contributed by atoms with Gasteiger partial charge >= 0.3 is 0 Å². The Morgan fingerprint density at radius 2 is 2.29 bits per heavy atom. The van der Waals surface area contributed by atoms with Crippen molar-refractivity contribution in [3.05, 3.63) is 22.7 Å². The largest absolute Gasteiger partial charge is 0.365 e.